The van der Waals surface area contributed by atoms with Gasteiger partial charge in [-0.15, -0.1) is 10.2 Å². The highest BCUT2D eigenvalue weighted by molar-refractivity contribution is 7.07. The van der Waals surface area contributed by atoms with Gasteiger partial charge in [0.2, 0.25) is 5.91 Å². The number of thiophene rings is 1. The van der Waals surface area contributed by atoms with Crippen molar-refractivity contribution in [1.29, 1.82) is 0 Å². The van der Waals surface area contributed by atoms with E-state index in [1.807, 2.05) is 16.5 Å². The van der Waals surface area contributed by atoms with Crippen LogP contribution in [0, 0.1) is 0 Å². The SMILES string of the molecule is Cn1cnnc1[C@@H]1CCCN(C(=O)CCc2ccsc2)C1. The van der Waals surface area contributed by atoms with Gasteiger partial charge in [0.25, 0.3) is 0 Å². The summed E-state index contributed by atoms with van der Waals surface area (Å²) in [5.41, 5.74) is 1.26. The first kappa shape index (κ1) is 14.3. The van der Waals surface area contributed by atoms with Gasteiger partial charge in [-0.05, 0) is 41.7 Å². The first-order valence-corrected chi connectivity index (χ1v) is 8.31. The average molecular weight is 304 g/mol. The summed E-state index contributed by atoms with van der Waals surface area (Å²) in [5.74, 6) is 1.56. The molecule has 0 aromatic carbocycles. The molecule has 0 unspecified atom stereocenters. The van der Waals surface area contributed by atoms with Crippen molar-refractivity contribution < 1.29 is 4.79 Å². The second kappa shape index (κ2) is 6.39. The van der Waals surface area contributed by atoms with Crippen LogP contribution in [0.15, 0.2) is 23.2 Å². The Bertz CT molecular complexity index is 593. The minimum Gasteiger partial charge on any atom is -0.342 e. The van der Waals surface area contributed by atoms with E-state index < -0.39 is 0 Å². The van der Waals surface area contributed by atoms with Crippen LogP contribution in [0.3, 0.4) is 0 Å². The van der Waals surface area contributed by atoms with Crippen LogP contribution in [-0.4, -0.2) is 38.7 Å². The van der Waals surface area contributed by atoms with Gasteiger partial charge in [-0.3, -0.25) is 4.79 Å². The standard InChI is InChI=1S/C15H20N4OS/c1-18-11-16-17-15(18)13-3-2-7-19(9-13)14(20)5-4-12-6-8-21-10-12/h6,8,10-11,13H,2-5,7,9H2,1H3/t13-/m1/s1. The minimum absolute atomic E-state index is 0.257. The molecule has 6 heteroatoms. The molecular weight excluding hydrogens is 284 g/mol. The summed E-state index contributed by atoms with van der Waals surface area (Å²) in [4.78, 5) is 14.4. The third-order valence-electron chi connectivity index (χ3n) is 4.09. The van der Waals surface area contributed by atoms with Crippen LogP contribution in [0.25, 0.3) is 0 Å². The molecule has 1 aliphatic heterocycles. The van der Waals surface area contributed by atoms with Crippen LogP contribution < -0.4 is 0 Å². The molecule has 0 N–H and O–H groups in total. The Kier molecular flexibility index (Phi) is 4.34. The molecule has 0 saturated carbocycles. The fraction of sp³-hybridized carbons (Fsp3) is 0.533. The Morgan fingerprint density at radius 2 is 2.43 bits per heavy atom. The Morgan fingerprint density at radius 3 is 3.14 bits per heavy atom. The zero-order valence-electron chi connectivity index (χ0n) is 12.2. The number of hydrogen-bond donors (Lipinski definition) is 0. The van der Waals surface area contributed by atoms with Crippen molar-refractivity contribution in [1.82, 2.24) is 19.7 Å². The second-order valence-corrected chi connectivity index (χ2v) is 6.39. The third-order valence-corrected chi connectivity index (χ3v) is 4.83. The number of rotatable bonds is 4. The van der Waals surface area contributed by atoms with Crippen molar-refractivity contribution >= 4 is 17.2 Å². The summed E-state index contributed by atoms with van der Waals surface area (Å²) in [7, 11) is 1.96. The van der Waals surface area contributed by atoms with Gasteiger partial charge in [-0.1, -0.05) is 0 Å². The van der Waals surface area contributed by atoms with Gasteiger partial charge < -0.3 is 9.47 Å². The Labute approximate surface area is 128 Å². The van der Waals surface area contributed by atoms with Gasteiger partial charge in [0.1, 0.15) is 12.2 Å². The summed E-state index contributed by atoms with van der Waals surface area (Å²) in [5, 5.41) is 12.3. The zero-order chi connectivity index (χ0) is 14.7. The second-order valence-electron chi connectivity index (χ2n) is 5.61. The van der Waals surface area contributed by atoms with Crippen LogP contribution in [0.5, 0.6) is 0 Å². The zero-order valence-corrected chi connectivity index (χ0v) is 13.1. The number of aromatic nitrogens is 3. The number of hydrogen-bond acceptors (Lipinski definition) is 4. The van der Waals surface area contributed by atoms with Gasteiger partial charge in [0.05, 0.1) is 0 Å². The van der Waals surface area contributed by atoms with Crippen molar-refractivity contribution in [3.63, 3.8) is 0 Å². The van der Waals surface area contributed by atoms with Crippen molar-refractivity contribution in [2.24, 2.45) is 7.05 Å². The molecule has 0 aliphatic carbocycles. The average Bonchev–Trinajstić information content (AvgIpc) is 3.16. The van der Waals surface area contributed by atoms with Crippen molar-refractivity contribution in [2.75, 3.05) is 13.1 Å². The fourth-order valence-corrected chi connectivity index (χ4v) is 3.62. The van der Waals surface area contributed by atoms with E-state index in [0.29, 0.717) is 12.3 Å². The monoisotopic (exact) mass is 304 g/mol. The van der Waals surface area contributed by atoms with Crippen LogP contribution in [0.1, 0.15) is 36.6 Å². The van der Waals surface area contributed by atoms with E-state index in [1.165, 1.54) is 5.56 Å². The van der Waals surface area contributed by atoms with E-state index in [2.05, 4.69) is 27.0 Å². The molecule has 3 heterocycles. The predicted molar refractivity (Wildman–Crippen MR) is 82.2 cm³/mol. The van der Waals surface area contributed by atoms with Crippen molar-refractivity contribution in [3.8, 4) is 0 Å². The molecule has 112 valence electrons. The van der Waals surface area contributed by atoms with Crippen molar-refractivity contribution in [3.05, 3.63) is 34.5 Å². The van der Waals surface area contributed by atoms with Gasteiger partial charge in [0, 0.05) is 32.5 Å². The predicted octanol–water partition coefficient (Wildman–Crippen LogP) is 2.22. The topological polar surface area (TPSA) is 51.0 Å². The molecule has 0 bridgehead atoms. The Balaban J connectivity index is 1.58. The number of nitrogens with zero attached hydrogens (tertiary/aromatic N) is 4. The van der Waals surface area contributed by atoms with Crippen LogP contribution in [-0.2, 0) is 18.3 Å². The maximum Gasteiger partial charge on any atom is 0.222 e. The molecule has 1 aliphatic rings. The summed E-state index contributed by atoms with van der Waals surface area (Å²) >= 11 is 1.68. The first-order chi connectivity index (χ1) is 10.2. The normalized spacial score (nSPS) is 18.9. The summed E-state index contributed by atoms with van der Waals surface area (Å²) in [6, 6.07) is 2.09. The highest BCUT2D eigenvalue weighted by Crippen LogP contribution is 2.25. The summed E-state index contributed by atoms with van der Waals surface area (Å²) in [6.07, 6.45) is 5.30. The van der Waals surface area contributed by atoms with Crippen LogP contribution >= 0.6 is 11.3 Å². The van der Waals surface area contributed by atoms with Gasteiger partial charge in [-0.2, -0.15) is 11.3 Å². The van der Waals surface area contributed by atoms with Gasteiger partial charge >= 0.3 is 0 Å². The maximum atomic E-state index is 12.4. The quantitative estimate of drug-likeness (QED) is 0.870. The van der Waals surface area contributed by atoms with E-state index in [4.69, 9.17) is 0 Å². The number of aryl methyl sites for hydroxylation is 2. The van der Waals surface area contributed by atoms with Crippen molar-refractivity contribution in [2.45, 2.75) is 31.6 Å². The molecule has 3 rings (SSSR count). The number of amides is 1. The number of piperidine rings is 1. The molecule has 2 aromatic heterocycles. The lowest BCUT2D eigenvalue weighted by atomic mass is 9.96. The maximum absolute atomic E-state index is 12.4. The summed E-state index contributed by atoms with van der Waals surface area (Å²) in [6.45, 7) is 1.64. The molecule has 2 aromatic rings. The van der Waals surface area contributed by atoms with E-state index in [0.717, 1.165) is 38.2 Å². The van der Waals surface area contributed by atoms with E-state index >= 15 is 0 Å². The lowest BCUT2D eigenvalue weighted by molar-refractivity contribution is -0.132. The van der Waals surface area contributed by atoms with Gasteiger partial charge in [-0.25, -0.2) is 0 Å². The molecule has 1 amide bonds. The largest absolute Gasteiger partial charge is 0.342 e. The molecule has 0 radical (unpaired) electrons. The molecular formula is C15H20N4OS. The lowest BCUT2D eigenvalue weighted by Gasteiger charge is -2.32. The number of carbonyl (C=O) groups excluding carboxylic acids is 1. The molecule has 21 heavy (non-hydrogen) atoms. The Morgan fingerprint density at radius 1 is 1.52 bits per heavy atom. The highest BCUT2D eigenvalue weighted by Gasteiger charge is 2.27. The van der Waals surface area contributed by atoms with Crippen LogP contribution in [0.4, 0.5) is 0 Å². The fourth-order valence-electron chi connectivity index (χ4n) is 2.92. The molecule has 0 spiro atoms. The van der Waals surface area contributed by atoms with E-state index in [-0.39, 0.29) is 5.91 Å². The molecule has 1 atom stereocenters. The smallest absolute Gasteiger partial charge is 0.222 e. The summed E-state index contributed by atoms with van der Waals surface area (Å²) < 4.78 is 1.96. The lowest BCUT2D eigenvalue weighted by Crippen LogP contribution is -2.39. The number of carbonyl (C=O) groups is 1. The minimum atomic E-state index is 0.257. The number of likely N-dealkylation sites (tertiary alicyclic amines) is 1. The highest BCUT2D eigenvalue weighted by atomic mass is 32.1. The first-order valence-electron chi connectivity index (χ1n) is 7.37. The van der Waals surface area contributed by atoms with E-state index in [9.17, 15) is 4.79 Å². The molecule has 1 fully saturated rings. The van der Waals surface area contributed by atoms with Crippen LogP contribution in [0.2, 0.25) is 0 Å². The Hall–Kier alpha value is -1.69. The molecule has 1 saturated heterocycles. The molecule has 5 nitrogen and oxygen atoms in total. The van der Waals surface area contributed by atoms with Gasteiger partial charge in [0.15, 0.2) is 0 Å². The van der Waals surface area contributed by atoms with E-state index in [1.54, 1.807) is 17.7 Å². The third kappa shape index (κ3) is 3.32.